The van der Waals surface area contributed by atoms with Gasteiger partial charge in [-0.3, -0.25) is 9.59 Å². The molecule has 1 fully saturated rings. The van der Waals surface area contributed by atoms with Crippen molar-refractivity contribution in [3.05, 3.63) is 29.8 Å². The number of carbonyl (C=O) groups is 2. The maximum Gasteiger partial charge on any atom is 0.163 e. The monoisotopic (exact) mass is 274 g/mol. The van der Waals surface area contributed by atoms with E-state index in [-0.39, 0.29) is 29.2 Å². The molecule has 0 bridgehead atoms. The van der Waals surface area contributed by atoms with Crippen LogP contribution in [0.15, 0.2) is 24.3 Å². The molecule has 0 aromatic heterocycles. The van der Waals surface area contributed by atoms with Gasteiger partial charge in [-0.05, 0) is 36.6 Å². The predicted octanol–water partition coefficient (Wildman–Crippen LogP) is 2.74. The average molecular weight is 274 g/mol. The van der Waals surface area contributed by atoms with Crippen LogP contribution in [-0.4, -0.2) is 23.8 Å². The molecule has 20 heavy (non-hydrogen) atoms. The number of aromatic hydroxyl groups is 1. The van der Waals surface area contributed by atoms with Crippen LogP contribution in [-0.2, 0) is 9.59 Å². The Hall–Kier alpha value is -2.10. The summed E-state index contributed by atoms with van der Waals surface area (Å²) in [5, 5.41) is 9.47. The summed E-state index contributed by atoms with van der Waals surface area (Å²) in [6.07, 6.45) is 4.75. The molecule has 1 N–H and O–H groups in total. The standard InChI is InChI=1S/C16H18O4/c1-16(7-8-16)15(19)10-12(17)5-3-11-4-6-13(18)14(9-11)20-2/h3-6,9,18H,7-8,10H2,1-2H3. The van der Waals surface area contributed by atoms with Crippen molar-refractivity contribution in [1.29, 1.82) is 0 Å². The molecule has 1 aliphatic rings. The zero-order chi connectivity index (χ0) is 14.8. The van der Waals surface area contributed by atoms with E-state index in [4.69, 9.17) is 4.74 Å². The van der Waals surface area contributed by atoms with Gasteiger partial charge in [-0.1, -0.05) is 19.1 Å². The summed E-state index contributed by atoms with van der Waals surface area (Å²) in [6, 6.07) is 4.80. The second-order valence-corrected chi connectivity index (χ2v) is 5.39. The van der Waals surface area contributed by atoms with Crippen molar-refractivity contribution in [2.24, 2.45) is 5.41 Å². The lowest BCUT2D eigenvalue weighted by atomic mass is 9.99. The number of hydrogen-bond acceptors (Lipinski definition) is 4. The fourth-order valence-electron chi connectivity index (χ4n) is 1.88. The first-order valence-electron chi connectivity index (χ1n) is 6.56. The zero-order valence-electron chi connectivity index (χ0n) is 11.7. The first kappa shape index (κ1) is 14.3. The number of ether oxygens (including phenoxy) is 1. The first-order valence-corrected chi connectivity index (χ1v) is 6.56. The average Bonchev–Trinajstić information content (AvgIpc) is 3.17. The van der Waals surface area contributed by atoms with Gasteiger partial charge in [-0.2, -0.15) is 0 Å². The molecule has 0 radical (unpaired) electrons. The topological polar surface area (TPSA) is 63.6 Å². The number of carbonyl (C=O) groups excluding carboxylic acids is 2. The molecular weight excluding hydrogens is 256 g/mol. The van der Waals surface area contributed by atoms with E-state index in [0.29, 0.717) is 5.75 Å². The molecule has 0 amide bonds. The number of phenolic OH excluding ortho intramolecular Hbond substituents is 1. The molecule has 0 unspecified atom stereocenters. The Morgan fingerprint density at radius 3 is 2.70 bits per heavy atom. The van der Waals surface area contributed by atoms with E-state index in [9.17, 15) is 14.7 Å². The van der Waals surface area contributed by atoms with Crippen LogP contribution < -0.4 is 4.74 Å². The van der Waals surface area contributed by atoms with E-state index in [1.165, 1.54) is 19.3 Å². The van der Waals surface area contributed by atoms with E-state index in [0.717, 1.165) is 18.4 Å². The Kier molecular flexibility index (Phi) is 3.93. The van der Waals surface area contributed by atoms with Crippen molar-refractivity contribution in [3.63, 3.8) is 0 Å². The van der Waals surface area contributed by atoms with Crippen LogP contribution in [0.5, 0.6) is 11.5 Å². The van der Waals surface area contributed by atoms with E-state index in [2.05, 4.69) is 0 Å². The summed E-state index contributed by atoms with van der Waals surface area (Å²) in [5.74, 6) is 0.222. The number of Topliss-reactive ketones (excluding diaryl/α,β-unsaturated/α-hetero) is 1. The van der Waals surface area contributed by atoms with Gasteiger partial charge in [0, 0.05) is 5.41 Å². The predicted molar refractivity (Wildman–Crippen MR) is 75.7 cm³/mol. The minimum Gasteiger partial charge on any atom is -0.504 e. The fourth-order valence-corrected chi connectivity index (χ4v) is 1.88. The maximum atomic E-state index is 11.8. The van der Waals surface area contributed by atoms with Crippen molar-refractivity contribution >= 4 is 17.6 Å². The molecule has 4 nitrogen and oxygen atoms in total. The third-order valence-electron chi connectivity index (χ3n) is 3.67. The number of ketones is 2. The number of hydrogen-bond donors (Lipinski definition) is 1. The number of allylic oxidation sites excluding steroid dienone is 1. The van der Waals surface area contributed by atoms with E-state index in [1.807, 2.05) is 6.92 Å². The Morgan fingerprint density at radius 2 is 2.10 bits per heavy atom. The second-order valence-electron chi connectivity index (χ2n) is 5.39. The third-order valence-corrected chi connectivity index (χ3v) is 3.67. The van der Waals surface area contributed by atoms with Crippen LogP contribution >= 0.6 is 0 Å². The smallest absolute Gasteiger partial charge is 0.163 e. The highest BCUT2D eigenvalue weighted by atomic mass is 16.5. The number of rotatable bonds is 6. The number of benzene rings is 1. The first-order chi connectivity index (χ1) is 9.44. The molecule has 4 heteroatoms. The molecule has 0 spiro atoms. The highest BCUT2D eigenvalue weighted by molar-refractivity contribution is 6.08. The van der Waals surface area contributed by atoms with E-state index in [1.54, 1.807) is 18.2 Å². The van der Waals surface area contributed by atoms with Crippen molar-refractivity contribution in [3.8, 4) is 11.5 Å². The Balaban J connectivity index is 1.98. The summed E-state index contributed by atoms with van der Waals surface area (Å²) in [5.41, 5.74) is 0.476. The summed E-state index contributed by atoms with van der Waals surface area (Å²) in [6.45, 7) is 1.90. The summed E-state index contributed by atoms with van der Waals surface area (Å²) in [7, 11) is 1.46. The number of methoxy groups -OCH3 is 1. The van der Waals surface area contributed by atoms with Crippen molar-refractivity contribution in [2.45, 2.75) is 26.2 Å². The number of phenols is 1. The van der Waals surface area contributed by atoms with Gasteiger partial charge in [0.2, 0.25) is 0 Å². The highest BCUT2D eigenvalue weighted by Gasteiger charge is 2.44. The Labute approximate surface area is 118 Å². The van der Waals surface area contributed by atoms with Gasteiger partial charge < -0.3 is 9.84 Å². The van der Waals surface area contributed by atoms with E-state index >= 15 is 0 Å². The van der Waals surface area contributed by atoms with Crippen LogP contribution in [0.25, 0.3) is 6.08 Å². The van der Waals surface area contributed by atoms with Crippen molar-refractivity contribution in [2.75, 3.05) is 7.11 Å². The SMILES string of the molecule is COc1cc(C=CC(=O)CC(=O)C2(C)CC2)ccc1O. The summed E-state index contributed by atoms with van der Waals surface area (Å²) >= 11 is 0. The molecule has 2 rings (SSSR count). The largest absolute Gasteiger partial charge is 0.504 e. The van der Waals surface area contributed by atoms with Gasteiger partial charge in [0.15, 0.2) is 17.3 Å². The quantitative estimate of drug-likeness (QED) is 0.640. The second kappa shape index (κ2) is 5.49. The molecular formula is C16H18O4. The summed E-state index contributed by atoms with van der Waals surface area (Å²) in [4.78, 5) is 23.5. The zero-order valence-corrected chi connectivity index (χ0v) is 11.7. The third kappa shape index (κ3) is 3.26. The van der Waals surface area contributed by atoms with Gasteiger partial charge in [0.05, 0.1) is 13.5 Å². The van der Waals surface area contributed by atoms with Gasteiger partial charge >= 0.3 is 0 Å². The van der Waals surface area contributed by atoms with Crippen molar-refractivity contribution < 1.29 is 19.4 Å². The lowest BCUT2D eigenvalue weighted by Crippen LogP contribution is -2.15. The molecule has 0 atom stereocenters. The van der Waals surface area contributed by atoms with Gasteiger partial charge in [0.1, 0.15) is 5.78 Å². The van der Waals surface area contributed by atoms with Gasteiger partial charge in [0.25, 0.3) is 0 Å². The molecule has 1 aromatic carbocycles. The van der Waals surface area contributed by atoms with Crippen LogP contribution in [0.3, 0.4) is 0 Å². The van der Waals surface area contributed by atoms with Crippen molar-refractivity contribution in [1.82, 2.24) is 0 Å². The van der Waals surface area contributed by atoms with E-state index < -0.39 is 0 Å². The van der Waals surface area contributed by atoms with Gasteiger partial charge in [-0.15, -0.1) is 0 Å². The van der Waals surface area contributed by atoms with Crippen LogP contribution in [0, 0.1) is 5.41 Å². The molecule has 0 aliphatic heterocycles. The molecule has 0 heterocycles. The fraction of sp³-hybridized carbons (Fsp3) is 0.375. The lowest BCUT2D eigenvalue weighted by Gasteiger charge is -2.04. The summed E-state index contributed by atoms with van der Waals surface area (Å²) < 4.78 is 4.99. The Bertz CT molecular complexity index is 568. The van der Waals surface area contributed by atoms with Crippen LogP contribution in [0.2, 0.25) is 0 Å². The maximum absolute atomic E-state index is 11.8. The molecule has 0 saturated heterocycles. The molecule has 1 aromatic rings. The van der Waals surface area contributed by atoms with Crippen LogP contribution in [0.4, 0.5) is 0 Å². The lowest BCUT2D eigenvalue weighted by molar-refractivity contribution is -0.128. The van der Waals surface area contributed by atoms with Crippen LogP contribution in [0.1, 0.15) is 31.7 Å². The Morgan fingerprint density at radius 1 is 1.40 bits per heavy atom. The minimum atomic E-state index is -0.259. The normalized spacial score (nSPS) is 16.1. The molecule has 106 valence electrons. The highest BCUT2D eigenvalue weighted by Crippen LogP contribution is 2.46. The molecule has 1 saturated carbocycles. The minimum absolute atomic E-state index is 0.0236. The van der Waals surface area contributed by atoms with Gasteiger partial charge in [-0.25, -0.2) is 0 Å². The molecule has 1 aliphatic carbocycles.